The first-order valence-electron chi connectivity index (χ1n) is 10.8. The Morgan fingerprint density at radius 3 is 2.42 bits per heavy atom. The average molecular weight is 430 g/mol. The van der Waals surface area contributed by atoms with Gasteiger partial charge in [0.15, 0.2) is 0 Å². The van der Waals surface area contributed by atoms with E-state index in [0.717, 1.165) is 6.54 Å². The van der Waals surface area contributed by atoms with Crippen molar-refractivity contribution in [2.75, 3.05) is 32.8 Å². The zero-order valence-corrected chi connectivity index (χ0v) is 18.7. The third-order valence-corrected chi connectivity index (χ3v) is 6.25. The third kappa shape index (κ3) is 4.26. The third-order valence-electron chi connectivity index (χ3n) is 6.25. The molecule has 0 radical (unpaired) electrons. The summed E-state index contributed by atoms with van der Waals surface area (Å²) in [7, 11) is 0. The van der Waals surface area contributed by atoms with E-state index in [4.69, 9.17) is 9.47 Å². The van der Waals surface area contributed by atoms with Crippen molar-refractivity contribution in [3.63, 3.8) is 0 Å². The van der Waals surface area contributed by atoms with Gasteiger partial charge < -0.3 is 14.4 Å². The van der Waals surface area contributed by atoms with Crippen LogP contribution in [0, 0.1) is 11.3 Å². The van der Waals surface area contributed by atoms with Crippen molar-refractivity contribution < 1.29 is 23.9 Å². The lowest BCUT2D eigenvalue weighted by molar-refractivity contribution is -0.140. The minimum absolute atomic E-state index is 0.200. The highest BCUT2D eigenvalue weighted by Crippen LogP contribution is 2.46. The Morgan fingerprint density at radius 2 is 1.84 bits per heavy atom. The molecule has 0 unspecified atom stereocenters. The summed E-state index contributed by atoms with van der Waals surface area (Å²) in [5, 5.41) is 0. The average Bonchev–Trinajstić information content (AvgIpc) is 3.20. The van der Waals surface area contributed by atoms with Crippen molar-refractivity contribution in [3.8, 4) is 0 Å². The van der Waals surface area contributed by atoms with Crippen LogP contribution < -0.4 is 0 Å². The number of likely N-dealkylation sites (tertiary alicyclic amines) is 2. The molecule has 1 aromatic carbocycles. The van der Waals surface area contributed by atoms with E-state index in [0.29, 0.717) is 26.2 Å². The Kier molecular flexibility index (Phi) is 5.45. The number of nitrogens with zero attached hydrogens (tertiary/aromatic N) is 3. The molecule has 0 aromatic heterocycles. The maximum atomic E-state index is 13.4. The van der Waals surface area contributed by atoms with Gasteiger partial charge >= 0.3 is 12.2 Å². The largest absolute Gasteiger partial charge is 0.447 e. The molecule has 4 rings (SSSR count). The van der Waals surface area contributed by atoms with E-state index < -0.39 is 11.7 Å². The zero-order chi connectivity index (χ0) is 22.4. The molecule has 0 aliphatic carbocycles. The Morgan fingerprint density at radius 1 is 1.16 bits per heavy atom. The Labute approximate surface area is 183 Å². The Hall–Kier alpha value is -2.61. The zero-order valence-electron chi connectivity index (χ0n) is 18.7. The topological polar surface area (TPSA) is 79.4 Å². The van der Waals surface area contributed by atoms with Gasteiger partial charge in [0, 0.05) is 38.1 Å². The van der Waals surface area contributed by atoms with E-state index >= 15 is 0 Å². The highest BCUT2D eigenvalue weighted by molar-refractivity contribution is 5.95. The molecule has 1 spiro atoms. The number of carbonyl (C=O) groups excluding carboxylic acids is 3. The maximum Gasteiger partial charge on any atom is 0.416 e. The summed E-state index contributed by atoms with van der Waals surface area (Å²) in [6.07, 6.45) is -0.933. The van der Waals surface area contributed by atoms with Gasteiger partial charge in [-0.25, -0.2) is 14.5 Å². The number of amides is 3. The van der Waals surface area contributed by atoms with Crippen molar-refractivity contribution in [3.05, 3.63) is 35.9 Å². The van der Waals surface area contributed by atoms with Crippen LogP contribution in [0.15, 0.2) is 30.3 Å². The van der Waals surface area contributed by atoms with Crippen LogP contribution in [0.3, 0.4) is 0 Å². The molecule has 3 saturated heterocycles. The van der Waals surface area contributed by atoms with Crippen molar-refractivity contribution >= 4 is 18.1 Å². The van der Waals surface area contributed by atoms with Crippen LogP contribution in [0.25, 0.3) is 0 Å². The van der Waals surface area contributed by atoms with E-state index in [9.17, 15) is 14.4 Å². The molecule has 0 N–H and O–H groups in total. The predicted octanol–water partition coefficient (Wildman–Crippen LogP) is 2.72. The van der Waals surface area contributed by atoms with Crippen molar-refractivity contribution in [1.29, 1.82) is 0 Å². The number of cyclic esters (lactones) is 1. The normalized spacial score (nSPS) is 25.5. The maximum absolute atomic E-state index is 13.4. The van der Waals surface area contributed by atoms with Gasteiger partial charge in [0.25, 0.3) is 0 Å². The van der Waals surface area contributed by atoms with E-state index in [1.165, 1.54) is 10.5 Å². The Balaban J connectivity index is 1.52. The highest BCUT2D eigenvalue weighted by Gasteiger charge is 2.60. The second-order valence-electron chi connectivity index (χ2n) is 10.0. The molecular formula is C23H31N3O5. The van der Waals surface area contributed by atoms with Crippen LogP contribution in [-0.4, -0.2) is 77.2 Å². The van der Waals surface area contributed by atoms with Gasteiger partial charge in [-0.2, -0.15) is 0 Å². The monoisotopic (exact) mass is 429 g/mol. The summed E-state index contributed by atoms with van der Waals surface area (Å²) in [5.41, 5.74) is 0.215. The summed E-state index contributed by atoms with van der Waals surface area (Å²) in [6, 6.07) is 9.83. The first-order chi connectivity index (χ1) is 14.6. The lowest BCUT2D eigenvalue weighted by Crippen LogP contribution is -2.65. The number of hydrogen-bond donors (Lipinski definition) is 0. The van der Waals surface area contributed by atoms with Gasteiger partial charge in [-0.1, -0.05) is 30.3 Å². The quantitative estimate of drug-likeness (QED) is 0.735. The number of benzene rings is 1. The second kappa shape index (κ2) is 7.82. The molecule has 3 amide bonds. The summed E-state index contributed by atoms with van der Waals surface area (Å²) < 4.78 is 10.6. The van der Waals surface area contributed by atoms with E-state index in [2.05, 4.69) is 17.0 Å². The summed E-state index contributed by atoms with van der Waals surface area (Å²) >= 11 is 0. The first-order valence-corrected chi connectivity index (χ1v) is 10.8. The molecule has 0 bridgehead atoms. The number of hydrogen-bond acceptors (Lipinski definition) is 6. The van der Waals surface area contributed by atoms with Gasteiger partial charge in [-0.15, -0.1) is 0 Å². The fourth-order valence-corrected chi connectivity index (χ4v) is 4.85. The van der Waals surface area contributed by atoms with Crippen molar-refractivity contribution in [2.45, 2.75) is 45.9 Å². The molecule has 31 heavy (non-hydrogen) atoms. The van der Waals surface area contributed by atoms with Crippen LogP contribution in [0.5, 0.6) is 0 Å². The minimum atomic E-state index is -0.572. The molecule has 3 heterocycles. The van der Waals surface area contributed by atoms with Gasteiger partial charge in [0.2, 0.25) is 5.91 Å². The highest BCUT2D eigenvalue weighted by atomic mass is 16.6. The summed E-state index contributed by atoms with van der Waals surface area (Å²) in [4.78, 5) is 43.3. The molecule has 3 fully saturated rings. The Bertz CT molecular complexity index is 860. The molecule has 0 saturated carbocycles. The van der Waals surface area contributed by atoms with Gasteiger partial charge in [-0.05, 0) is 33.3 Å². The smallest absolute Gasteiger partial charge is 0.416 e. The number of carbonyl (C=O) groups is 3. The van der Waals surface area contributed by atoms with Crippen molar-refractivity contribution in [1.82, 2.24) is 14.7 Å². The molecular weight excluding hydrogens is 398 g/mol. The molecule has 3 aliphatic heterocycles. The number of rotatable bonds is 3. The van der Waals surface area contributed by atoms with Gasteiger partial charge in [0.05, 0.1) is 12.0 Å². The van der Waals surface area contributed by atoms with Crippen LogP contribution in [0.2, 0.25) is 0 Å². The van der Waals surface area contributed by atoms with Gasteiger partial charge in [-0.3, -0.25) is 9.69 Å². The number of imide groups is 1. The number of ether oxygens (including phenoxy) is 2. The lowest BCUT2D eigenvalue weighted by atomic mass is 9.71. The molecule has 8 heteroatoms. The fourth-order valence-electron chi connectivity index (χ4n) is 4.85. The van der Waals surface area contributed by atoms with E-state index in [1.807, 2.05) is 45.9 Å². The fraction of sp³-hybridized carbons (Fsp3) is 0.609. The molecule has 3 aliphatic rings. The van der Waals surface area contributed by atoms with Crippen molar-refractivity contribution in [2.24, 2.45) is 11.3 Å². The second-order valence-corrected chi connectivity index (χ2v) is 10.0. The molecule has 8 nitrogen and oxygen atoms in total. The minimum Gasteiger partial charge on any atom is -0.447 e. The summed E-state index contributed by atoms with van der Waals surface area (Å²) in [5.74, 6) is -0.572. The van der Waals surface area contributed by atoms with Crippen LogP contribution >= 0.6 is 0 Å². The van der Waals surface area contributed by atoms with E-state index in [1.54, 1.807) is 4.90 Å². The summed E-state index contributed by atoms with van der Waals surface area (Å²) in [6.45, 7) is 10.4. The molecule has 168 valence electrons. The van der Waals surface area contributed by atoms with E-state index in [-0.39, 0.29) is 36.0 Å². The van der Waals surface area contributed by atoms with Crippen LogP contribution in [-0.2, 0) is 20.8 Å². The predicted molar refractivity (Wildman–Crippen MR) is 113 cm³/mol. The van der Waals surface area contributed by atoms with Crippen LogP contribution in [0.4, 0.5) is 9.59 Å². The first kappa shape index (κ1) is 21.6. The standard InChI is InChI=1S/C23H31N3O5/c1-16-12-30-21(29)26(16)19(27)18-11-24(10-17-8-6-5-7-9-17)13-23(18)14-25(15-23)20(28)31-22(2,3)4/h5-9,16,18H,10-15H2,1-4H3/t16-,18+/m1/s1. The molecule has 2 atom stereocenters. The lowest BCUT2D eigenvalue weighted by Gasteiger charge is -2.50. The van der Waals surface area contributed by atoms with Gasteiger partial charge in [0.1, 0.15) is 12.2 Å². The van der Waals surface area contributed by atoms with Crippen LogP contribution in [0.1, 0.15) is 33.3 Å². The molecule has 1 aromatic rings. The SMILES string of the molecule is C[C@@H]1COC(=O)N1C(=O)[C@@H]1CN(Cc2ccccc2)CC12CN(C(=O)OC(C)(C)C)C2.